The lowest BCUT2D eigenvalue weighted by Gasteiger charge is -2.28. The topological polar surface area (TPSA) is 63.8 Å². The zero-order chi connectivity index (χ0) is 13.8. The van der Waals surface area contributed by atoms with Gasteiger partial charge in [0.05, 0.1) is 5.69 Å². The zero-order valence-electron chi connectivity index (χ0n) is 11.5. The molecule has 0 atom stereocenters. The molecule has 2 heterocycles. The fraction of sp³-hybridized carbons (Fsp3) is 0.467. The Hall–Kier alpha value is -1.46. The number of hydrogen-bond acceptors (Lipinski definition) is 5. The fourth-order valence-corrected chi connectivity index (χ4v) is 3.47. The largest absolute Gasteiger partial charge is 0.359 e. The van der Waals surface area contributed by atoms with E-state index in [2.05, 4.69) is 20.7 Å². The maximum atomic E-state index is 5.73. The van der Waals surface area contributed by atoms with Crippen LogP contribution in [0.15, 0.2) is 29.8 Å². The highest BCUT2D eigenvalue weighted by Gasteiger charge is 2.20. The van der Waals surface area contributed by atoms with Crippen molar-refractivity contribution in [1.29, 1.82) is 0 Å². The van der Waals surface area contributed by atoms with Crippen LogP contribution in [0, 0.1) is 5.92 Å². The summed E-state index contributed by atoms with van der Waals surface area (Å²) in [6.45, 7) is 0.827. The first-order valence-corrected chi connectivity index (χ1v) is 8.06. The molecular formula is C15H20N4S. The number of hydrogen-bond donors (Lipinski definition) is 2. The van der Waals surface area contributed by atoms with Crippen molar-refractivity contribution in [2.45, 2.75) is 31.7 Å². The molecule has 0 radical (unpaired) electrons. The van der Waals surface area contributed by atoms with E-state index in [9.17, 15) is 0 Å². The Morgan fingerprint density at radius 3 is 2.75 bits per heavy atom. The van der Waals surface area contributed by atoms with Crippen molar-refractivity contribution in [1.82, 2.24) is 9.97 Å². The molecule has 1 aliphatic rings. The van der Waals surface area contributed by atoms with E-state index in [1.807, 2.05) is 18.2 Å². The average molecular weight is 288 g/mol. The third-order valence-electron chi connectivity index (χ3n) is 3.94. The Morgan fingerprint density at radius 2 is 2.05 bits per heavy atom. The highest BCUT2D eigenvalue weighted by molar-refractivity contribution is 7.14. The number of anilines is 1. The SMILES string of the molecule is NCC1CCC(Nc2nc(-c3ccccn3)cs2)CC1. The lowest BCUT2D eigenvalue weighted by Crippen LogP contribution is -2.29. The van der Waals surface area contributed by atoms with Crippen LogP contribution in [-0.4, -0.2) is 22.6 Å². The summed E-state index contributed by atoms with van der Waals surface area (Å²) in [6.07, 6.45) is 6.65. The smallest absolute Gasteiger partial charge is 0.183 e. The summed E-state index contributed by atoms with van der Waals surface area (Å²) in [5.74, 6) is 0.716. The number of rotatable bonds is 4. The summed E-state index contributed by atoms with van der Waals surface area (Å²) < 4.78 is 0. The molecule has 3 rings (SSSR count). The van der Waals surface area contributed by atoms with E-state index >= 15 is 0 Å². The van der Waals surface area contributed by atoms with E-state index in [4.69, 9.17) is 5.73 Å². The number of pyridine rings is 1. The molecule has 5 heteroatoms. The van der Waals surface area contributed by atoms with Crippen LogP contribution in [0.3, 0.4) is 0 Å². The number of nitrogens with one attached hydrogen (secondary N) is 1. The third-order valence-corrected chi connectivity index (χ3v) is 4.71. The van der Waals surface area contributed by atoms with Gasteiger partial charge in [-0.1, -0.05) is 6.07 Å². The minimum Gasteiger partial charge on any atom is -0.359 e. The first kappa shape index (κ1) is 13.5. The van der Waals surface area contributed by atoms with Gasteiger partial charge in [-0.3, -0.25) is 4.98 Å². The summed E-state index contributed by atoms with van der Waals surface area (Å²) in [5, 5.41) is 6.62. The van der Waals surface area contributed by atoms with Gasteiger partial charge in [-0.2, -0.15) is 0 Å². The Bertz CT molecular complexity index is 532. The number of thiazole rings is 1. The molecule has 1 saturated carbocycles. The normalized spacial score (nSPS) is 22.6. The molecule has 0 aliphatic heterocycles. The highest BCUT2D eigenvalue weighted by Crippen LogP contribution is 2.28. The number of nitrogens with two attached hydrogens (primary N) is 1. The van der Waals surface area contributed by atoms with E-state index in [1.54, 1.807) is 17.5 Å². The molecule has 0 bridgehead atoms. The molecule has 0 saturated heterocycles. The van der Waals surface area contributed by atoms with Crippen LogP contribution in [-0.2, 0) is 0 Å². The summed E-state index contributed by atoms with van der Waals surface area (Å²) in [4.78, 5) is 8.97. The maximum Gasteiger partial charge on any atom is 0.183 e. The van der Waals surface area contributed by atoms with Gasteiger partial charge in [0.1, 0.15) is 5.69 Å². The summed E-state index contributed by atoms with van der Waals surface area (Å²) >= 11 is 1.66. The molecule has 1 aliphatic carbocycles. The van der Waals surface area contributed by atoms with Crippen molar-refractivity contribution in [3.05, 3.63) is 29.8 Å². The van der Waals surface area contributed by atoms with Crippen LogP contribution in [0.1, 0.15) is 25.7 Å². The summed E-state index contributed by atoms with van der Waals surface area (Å²) in [5.41, 5.74) is 7.62. The van der Waals surface area contributed by atoms with E-state index < -0.39 is 0 Å². The second-order valence-electron chi connectivity index (χ2n) is 5.35. The summed E-state index contributed by atoms with van der Waals surface area (Å²) in [6, 6.07) is 6.44. The minimum atomic E-state index is 0.542. The predicted molar refractivity (Wildman–Crippen MR) is 83.8 cm³/mol. The van der Waals surface area contributed by atoms with Crippen LogP contribution < -0.4 is 11.1 Å². The zero-order valence-corrected chi connectivity index (χ0v) is 12.3. The fourth-order valence-electron chi connectivity index (χ4n) is 2.69. The van der Waals surface area contributed by atoms with Gasteiger partial charge in [-0.15, -0.1) is 11.3 Å². The third kappa shape index (κ3) is 3.16. The van der Waals surface area contributed by atoms with Gasteiger partial charge in [-0.25, -0.2) is 4.98 Å². The molecule has 0 spiro atoms. The molecule has 0 unspecified atom stereocenters. The second-order valence-corrected chi connectivity index (χ2v) is 6.21. The van der Waals surface area contributed by atoms with Gasteiger partial charge in [-0.05, 0) is 50.3 Å². The molecule has 0 amide bonds. The molecular weight excluding hydrogens is 268 g/mol. The molecule has 3 N–H and O–H groups in total. The van der Waals surface area contributed by atoms with Crippen LogP contribution in [0.4, 0.5) is 5.13 Å². The van der Waals surface area contributed by atoms with E-state index in [-0.39, 0.29) is 0 Å². The quantitative estimate of drug-likeness (QED) is 0.907. The molecule has 2 aromatic rings. The van der Waals surface area contributed by atoms with E-state index in [0.717, 1.165) is 23.1 Å². The van der Waals surface area contributed by atoms with Crippen LogP contribution in [0.25, 0.3) is 11.4 Å². The van der Waals surface area contributed by atoms with Crippen molar-refractivity contribution < 1.29 is 0 Å². The monoisotopic (exact) mass is 288 g/mol. The van der Waals surface area contributed by atoms with Crippen molar-refractivity contribution in [2.75, 3.05) is 11.9 Å². The summed E-state index contributed by atoms with van der Waals surface area (Å²) in [7, 11) is 0. The number of aromatic nitrogens is 2. The van der Waals surface area contributed by atoms with Gasteiger partial charge >= 0.3 is 0 Å². The standard InChI is InChI=1S/C15H20N4S/c16-9-11-4-6-12(7-5-11)18-15-19-14(10-20-15)13-3-1-2-8-17-13/h1-3,8,10-12H,4-7,9,16H2,(H,18,19). The highest BCUT2D eigenvalue weighted by atomic mass is 32.1. The first-order chi connectivity index (χ1) is 9.85. The number of nitrogens with zero attached hydrogens (tertiary/aromatic N) is 2. The van der Waals surface area contributed by atoms with Gasteiger partial charge in [0.15, 0.2) is 5.13 Å². The van der Waals surface area contributed by atoms with Crippen molar-refractivity contribution in [3.8, 4) is 11.4 Å². The molecule has 106 valence electrons. The van der Waals surface area contributed by atoms with Gasteiger partial charge < -0.3 is 11.1 Å². The van der Waals surface area contributed by atoms with Crippen molar-refractivity contribution >= 4 is 16.5 Å². The first-order valence-electron chi connectivity index (χ1n) is 7.18. The predicted octanol–water partition coefficient (Wildman–Crippen LogP) is 3.13. The van der Waals surface area contributed by atoms with Gasteiger partial charge in [0.2, 0.25) is 0 Å². The second kappa shape index (κ2) is 6.33. The molecule has 1 fully saturated rings. The molecule has 2 aromatic heterocycles. The van der Waals surface area contributed by atoms with Gasteiger partial charge in [0, 0.05) is 17.6 Å². The van der Waals surface area contributed by atoms with Crippen LogP contribution in [0.2, 0.25) is 0 Å². The van der Waals surface area contributed by atoms with Crippen LogP contribution in [0.5, 0.6) is 0 Å². The molecule has 20 heavy (non-hydrogen) atoms. The Morgan fingerprint density at radius 1 is 1.20 bits per heavy atom. The lowest BCUT2D eigenvalue weighted by molar-refractivity contribution is 0.345. The minimum absolute atomic E-state index is 0.542. The Kier molecular flexibility index (Phi) is 4.28. The Labute approximate surface area is 123 Å². The Balaban J connectivity index is 1.61. The average Bonchev–Trinajstić information content (AvgIpc) is 2.97. The van der Waals surface area contributed by atoms with Crippen LogP contribution >= 0.6 is 11.3 Å². The van der Waals surface area contributed by atoms with Gasteiger partial charge in [0.25, 0.3) is 0 Å². The van der Waals surface area contributed by atoms with E-state index in [0.29, 0.717) is 12.0 Å². The molecule has 4 nitrogen and oxygen atoms in total. The van der Waals surface area contributed by atoms with E-state index in [1.165, 1.54) is 25.7 Å². The van der Waals surface area contributed by atoms with Crippen molar-refractivity contribution in [3.63, 3.8) is 0 Å². The van der Waals surface area contributed by atoms with Crippen molar-refractivity contribution in [2.24, 2.45) is 11.7 Å². The maximum absolute atomic E-state index is 5.73. The lowest BCUT2D eigenvalue weighted by atomic mass is 9.86. The molecule has 0 aromatic carbocycles.